The number of methoxy groups -OCH3 is 1. The van der Waals surface area contributed by atoms with Gasteiger partial charge < -0.3 is 10.5 Å². The Balaban J connectivity index is 2.16. The largest absolute Gasteiger partial charge is 0.468 e. The number of piperidine rings is 1. The van der Waals surface area contributed by atoms with Gasteiger partial charge in [0.2, 0.25) is 0 Å². The molecule has 0 aliphatic carbocycles. The number of carbonyl (C=O) groups is 1. The predicted octanol–water partition coefficient (Wildman–Crippen LogP) is 0.115. The first kappa shape index (κ1) is 9.93. The highest BCUT2D eigenvalue weighted by molar-refractivity contribution is 5.82. The van der Waals surface area contributed by atoms with E-state index in [1.54, 1.807) is 0 Å². The highest BCUT2D eigenvalue weighted by Gasteiger charge is 2.51. The van der Waals surface area contributed by atoms with Gasteiger partial charge in [-0.05, 0) is 25.8 Å². The minimum absolute atomic E-state index is 0.212. The van der Waals surface area contributed by atoms with Gasteiger partial charge in [-0.25, -0.2) is 0 Å². The fraction of sp³-hybridized carbons (Fsp3) is 0.900. The number of nitrogens with zero attached hydrogens (tertiary/aromatic N) is 1. The van der Waals surface area contributed by atoms with Gasteiger partial charge >= 0.3 is 5.97 Å². The normalized spacial score (nSPS) is 38.0. The maximum Gasteiger partial charge on any atom is 0.327 e. The van der Waals surface area contributed by atoms with Crippen molar-refractivity contribution in [3.8, 4) is 0 Å². The molecular formula is C10H18N2O2. The molecule has 0 aromatic heterocycles. The van der Waals surface area contributed by atoms with E-state index in [1.807, 2.05) is 0 Å². The maximum atomic E-state index is 11.6. The lowest BCUT2D eigenvalue weighted by atomic mass is 9.86. The van der Waals surface area contributed by atoms with E-state index >= 15 is 0 Å². The quantitative estimate of drug-likeness (QED) is 0.608. The Morgan fingerprint density at radius 2 is 2.29 bits per heavy atom. The summed E-state index contributed by atoms with van der Waals surface area (Å²) >= 11 is 0. The first-order valence-electron chi connectivity index (χ1n) is 5.30. The van der Waals surface area contributed by atoms with Crippen LogP contribution in [-0.4, -0.2) is 42.6 Å². The molecule has 80 valence electrons. The average Bonchev–Trinajstić information content (AvgIpc) is 2.58. The van der Waals surface area contributed by atoms with Gasteiger partial charge in [-0.2, -0.15) is 0 Å². The zero-order valence-electron chi connectivity index (χ0n) is 8.66. The van der Waals surface area contributed by atoms with Crippen LogP contribution in [0, 0.1) is 0 Å². The number of hydrogen-bond donors (Lipinski definition) is 1. The van der Waals surface area contributed by atoms with E-state index in [-0.39, 0.29) is 12.0 Å². The Morgan fingerprint density at radius 1 is 1.50 bits per heavy atom. The first-order valence-corrected chi connectivity index (χ1v) is 5.30. The summed E-state index contributed by atoms with van der Waals surface area (Å²) in [5, 5.41) is 0. The summed E-state index contributed by atoms with van der Waals surface area (Å²) in [6.45, 7) is 2.02. The van der Waals surface area contributed by atoms with Crippen molar-refractivity contribution in [2.24, 2.45) is 5.73 Å². The van der Waals surface area contributed by atoms with Crippen molar-refractivity contribution in [1.29, 1.82) is 0 Å². The minimum atomic E-state index is -0.741. The third-order valence-corrected chi connectivity index (χ3v) is 3.59. The molecule has 0 spiro atoms. The van der Waals surface area contributed by atoms with Gasteiger partial charge in [0.25, 0.3) is 0 Å². The second-order valence-corrected chi connectivity index (χ2v) is 4.33. The molecule has 2 unspecified atom stereocenters. The Kier molecular flexibility index (Phi) is 2.49. The second kappa shape index (κ2) is 3.51. The van der Waals surface area contributed by atoms with E-state index in [4.69, 9.17) is 10.5 Å². The van der Waals surface area contributed by atoms with Crippen molar-refractivity contribution in [1.82, 2.24) is 4.90 Å². The van der Waals surface area contributed by atoms with Crippen molar-refractivity contribution < 1.29 is 9.53 Å². The predicted molar refractivity (Wildman–Crippen MR) is 52.8 cm³/mol. The monoisotopic (exact) mass is 198 g/mol. The molecule has 2 atom stereocenters. The van der Waals surface area contributed by atoms with E-state index in [9.17, 15) is 4.79 Å². The lowest BCUT2D eigenvalue weighted by molar-refractivity contribution is -0.148. The Labute approximate surface area is 84.4 Å². The van der Waals surface area contributed by atoms with Crippen LogP contribution < -0.4 is 5.73 Å². The first-order chi connectivity index (χ1) is 6.68. The summed E-state index contributed by atoms with van der Waals surface area (Å²) in [6.07, 6.45) is 4.18. The molecule has 0 aromatic carbocycles. The molecular weight excluding hydrogens is 180 g/mol. The Morgan fingerprint density at radius 3 is 3.00 bits per heavy atom. The number of hydrogen-bond acceptors (Lipinski definition) is 4. The van der Waals surface area contributed by atoms with Crippen molar-refractivity contribution >= 4 is 5.97 Å². The molecule has 0 aromatic rings. The van der Waals surface area contributed by atoms with E-state index in [2.05, 4.69) is 4.90 Å². The molecule has 2 saturated heterocycles. The number of carbonyl (C=O) groups excluding carboxylic acids is 1. The van der Waals surface area contributed by atoms with Crippen LogP contribution in [0.3, 0.4) is 0 Å². The standard InChI is InChI=1S/C10H18N2O2/c1-14-9(13)10(11)5-7-12-6-3-2-4-8(10)12/h8H,2-7,11H2,1H3. The highest BCUT2D eigenvalue weighted by atomic mass is 16.5. The molecule has 4 nitrogen and oxygen atoms in total. The summed E-state index contributed by atoms with van der Waals surface area (Å²) in [5.41, 5.74) is 5.41. The summed E-state index contributed by atoms with van der Waals surface area (Å²) in [5.74, 6) is -0.244. The summed E-state index contributed by atoms with van der Waals surface area (Å²) < 4.78 is 4.80. The van der Waals surface area contributed by atoms with Gasteiger partial charge in [0.05, 0.1) is 7.11 Å². The molecule has 0 radical (unpaired) electrons. The third kappa shape index (κ3) is 1.33. The van der Waals surface area contributed by atoms with Crippen LogP contribution in [0.4, 0.5) is 0 Å². The minimum Gasteiger partial charge on any atom is -0.468 e. The lowest BCUT2D eigenvalue weighted by Gasteiger charge is -2.36. The molecule has 2 N–H and O–H groups in total. The van der Waals surface area contributed by atoms with Gasteiger partial charge in [-0.3, -0.25) is 9.69 Å². The second-order valence-electron chi connectivity index (χ2n) is 4.33. The van der Waals surface area contributed by atoms with Gasteiger partial charge in [-0.1, -0.05) is 6.42 Å². The number of ether oxygens (including phenoxy) is 1. The molecule has 0 amide bonds. The van der Waals surface area contributed by atoms with Crippen molar-refractivity contribution in [2.45, 2.75) is 37.3 Å². The fourth-order valence-electron chi connectivity index (χ4n) is 2.77. The smallest absolute Gasteiger partial charge is 0.327 e. The summed E-state index contributed by atoms with van der Waals surface area (Å²) in [7, 11) is 1.42. The molecule has 2 rings (SSSR count). The fourth-order valence-corrected chi connectivity index (χ4v) is 2.77. The van der Waals surface area contributed by atoms with Crippen molar-refractivity contribution in [2.75, 3.05) is 20.2 Å². The molecule has 2 heterocycles. The van der Waals surface area contributed by atoms with Gasteiger partial charge in [0, 0.05) is 12.6 Å². The van der Waals surface area contributed by atoms with Gasteiger partial charge in [-0.15, -0.1) is 0 Å². The number of nitrogens with two attached hydrogens (primary N) is 1. The van der Waals surface area contributed by atoms with Crippen LogP contribution in [-0.2, 0) is 9.53 Å². The molecule has 2 aliphatic heterocycles. The molecule has 4 heteroatoms. The Hall–Kier alpha value is -0.610. The molecule has 2 fully saturated rings. The van der Waals surface area contributed by atoms with Crippen LogP contribution in [0.1, 0.15) is 25.7 Å². The summed E-state index contributed by atoms with van der Waals surface area (Å²) in [4.78, 5) is 14.0. The van der Waals surface area contributed by atoms with Crippen LogP contribution in [0.25, 0.3) is 0 Å². The lowest BCUT2D eigenvalue weighted by Crippen LogP contribution is -2.58. The zero-order chi connectivity index (χ0) is 10.2. The number of esters is 1. The van der Waals surface area contributed by atoms with Crippen LogP contribution in [0.15, 0.2) is 0 Å². The number of rotatable bonds is 1. The van der Waals surface area contributed by atoms with E-state index in [0.29, 0.717) is 0 Å². The highest BCUT2D eigenvalue weighted by Crippen LogP contribution is 2.34. The number of fused-ring (bicyclic) bond motifs is 1. The van der Waals surface area contributed by atoms with Gasteiger partial charge in [0.15, 0.2) is 0 Å². The third-order valence-electron chi connectivity index (χ3n) is 3.59. The van der Waals surface area contributed by atoms with Crippen LogP contribution >= 0.6 is 0 Å². The topological polar surface area (TPSA) is 55.6 Å². The van der Waals surface area contributed by atoms with Crippen LogP contribution in [0.2, 0.25) is 0 Å². The van der Waals surface area contributed by atoms with Gasteiger partial charge in [0.1, 0.15) is 5.54 Å². The molecule has 0 saturated carbocycles. The van der Waals surface area contributed by atoms with Crippen molar-refractivity contribution in [3.05, 3.63) is 0 Å². The van der Waals surface area contributed by atoms with E-state index in [0.717, 1.165) is 25.9 Å². The molecule has 0 bridgehead atoms. The Bertz CT molecular complexity index is 244. The van der Waals surface area contributed by atoms with E-state index < -0.39 is 5.54 Å². The SMILES string of the molecule is COC(=O)C1(N)CCN2CCCCC21. The molecule has 2 aliphatic rings. The average molecular weight is 198 g/mol. The van der Waals surface area contributed by atoms with Crippen LogP contribution in [0.5, 0.6) is 0 Å². The van der Waals surface area contributed by atoms with E-state index in [1.165, 1.54) is 20.0 Å². The maximum absolute atomic E-state index is 11.6. The molecule has 14 heavy (non-hydrogen) atoms. The van der Waals surface area contributed by atoms with Crippen molar-refractivity contribution in [3.63, 3.8) is 0 Å². The zero-order valence-corrected chi connectivity index (χ0v) is 8.66. The summed E-state index contributed by atoms with van der Waals surface area (Å²) in [6, 6.07) is 0.212.